The number of hydrogen-bond donors (Lipinski definition) is 1. The van der Waals surface area contributed by atoms with Crippen molar-refractivity contribution in [3.8, 4) is 0 Å². The fraction of sp³-hybridized carbons (Fsp3) is 0.900. The van der Waals surface area contributed by atoms with Crippen LogP contribution in [0.5, 0.6) is 0 Å². The quantitative estimate of drug-likeness (QED) is 0.683. The lowest BCUT2D eigenvalue weighted by molar-refractivity contribution is -0.131. The van der Waals surface area contributed by atoms with Gasteiger partial charge < -0.3 is 10.0 Å². The van der Waals surface area contributed by atoms with Gasteiger partial charge >= 0.3 is 0 Å². The van der Waals surface area contributed by atoms with E-state index in [2.05, 4.69) is 0 Å². The molecule has 0 saturated carbocycles. The fourth-order valence-electron chi connectivity index (χ4n) is 1.28. The summed E-state index contributed by atoms with van der Waals surface area (Å²) in [6.45, 7) is 7.28. The summed E-state index contributed by atoms with van der Waals surface area (Å²) < 4.78 is 0. The topological polar surface area (TPSA) is 40.5 Å². The molecule has 0 radical (unpaired) electrons. The van der Waals surface area contributed by atoms with Gasteiger partial charge in [0.05, 0.1) is 6.10 Å². The Morgan fingerprint density at radius 2 is 1.92 bits per heavy atom. The summed E-state index contributed by atoms with van der Waals surface area (Å²) in [4.78, 5) is 13.3. The maximum Gasteiger partial charge on any atom is 0.222 e. The molecule has 0 aliphatic carbocycles. The molecule has 3 nitrogen and oxygen atoms in total. The molecule has 1 N–H and O–H groups in total. The Balaban J connectivity index is 3.60. The Bertz CT molecular complexity index is 142. The SMILES string of the molecule is CCN(CC)C(=O)CCCC(C)O. The Hall–Kier alpha value is -0.570. The highest BCUT2D eigenvalue weighted by Gasteiger charge is 2.08. The first-order valence-corrected chi connectivity index (χ1v) is 5.07. The zero-order chi connectivity index (χ0) is 10.3. The van der Waals surface area contributed by atoms with Crippen molar-refractivity contribution in [2.24, 2.45) is 0 Å². The van der Waals surface area contributed by atoms with Gasteiger partial charge in [-0.15, -0.1) is 0 Å². The maximum atomic E-state index is 11.4. The van der Waals surface area contributed by atoms with Gasteiger partial charge in [0.15, 0.2) is 0 Å². The van der Waals surface area contributed by atoms with Crippen molar-refractivity contribution in [3.63, 3.8) is 0 Å². The molecular weight excluding hydrogens is 166 g/mol. The molecular formula is C10H21NO2. The zero-order valence-electron chi connectivity index (χ0n) is 8.92. The van der Waals surface area contributed by atoms with Crippen LogP contribution in [0, 0.1) is 0 Å². The second-order valence-electron chi connectivity index (χ2n) is 3.31. The molecule has 0 aliphatic rings. The molecule has 0 bridgehead atoms. The van der Waals surface area contributed by atoms with Crippen LogP contribution < -0.4 is 0 Å². The largest absolute Gasteiger partial charge is 0.393 e. The summed E-state index contributed by atoms with van der Waals surface area (Å²) in [7, 11) is 0. The average molecular weight is 187 g/mol. The number of hydrogen-bond acceptors (Lipinski definition) is 2. The molecule has 0 aromatic heterocycles. The predicted octanol–water partition coefficient (Wildman–Crippen LogP) is 1.41. The van der Waals surface area contributed by atoms with E-state index in [1.807, 2.05) is 18.7 Å². The van der Waals surface area contributed by atoms with Crippen LogP contribution in [0.4, 0.5) is 0 Å². The van der Waals surface area contributed by atoms with Gasteiger partial charge in [-0.1, -0.05) is 0 Å². The third-order valence-corrected chi connectivity index (χ3v) is 2.13. The molecule has 1 amide bonds. The highest BCUT2D eigenvalue weighted by molar-refractivity contribution is 5.76. The zero-order valence-corrected chi connectivity index (χ0v) is 8.92. The highest BCUT2D eigenvalue weighted by atomic mass is 16.3. The van der Waals surface area contributed by atoms with Gasteiger partial charge in [-0.25, -0.2) is 0 Å². The van der Waals surface area contributed by atoms with Crippen LogP contribution in [-0.4, -0.2) is 35.1 Å². The van der Waals surface area contributed by atoms with Gasteiger partial charge in [0.25, 0.3) is 0 Å². The van der Waals surface area contributed by atoms with Crippen LogP contribution >= 0.6 is 0 Å². The van der Waals surface area contributed by atoms with E-state index >= 15 is 0 Å². The minimum Gasteiger partial charge on any atom is -0.393 e. The number of aliphatic hydroxyl groups excluding tert-OH is 1. The van der Waals surface area contributed by atoms with Crippen LogP contribution in [0.2, 0.25) is 0 Å². The lowest BCUT2D eigenvalue weighted by atomic mass is 10.1. The van der Waals surface area contributed by atoms with Gasteiger partial charge in [-0.3, -0.25) is 4.79 Å². The summed E-state index contributed by atoms with van der Waals surface area (Å²) in [5.74, 6) is 0.200. The summed E-state index contributed by atoms with van der Waals surface area (Å²) in [6.07, 6.45) is 1.77. The van der Waals surface area contributed by atoms with Crippen LogP contribution in [0.15, 0.2) is 0 Å². The molecule has 1 atom stereocenters. The van der Waals surface area contributed by atoms with Crippen molar-refractivity contribution in [1.29, 1.82) is 0 Å². The number of rotatable bonds is 6. The minimum atomic E-state index is -0.287. The molecule has 0 fully saturated rings. The molecule has 0 aromatic carbocycles. The van der Waals surface area contributed by atoms with E-state index in [9.17, 15) is 4.79 Å². The van der Waals surface area contributed by atoms with Gasteiger partial charge in [-0.2, -0.15) is 0 Å². The van der Waals surface area contributed by atoms with Gasteiger partial charge in [0.1, 0.15) is 0 Å². The molecule has 13 heavy (non-hydrogen) atoms. The minimum absolute atomic E-state index is 0.200. The normalized spacial score (nSPS) is 12.6. The Morgan fingerprint density at radius 3 is 2.31 bits per heavy atom. The van der Waals surface area contributed by atoms with Gasteiger partial charge in [-0.05, 0) is 33.6 Å². The molecule has 0 aliphatic heterocycles. The monoisotopic (exact) mass is 187 g/mol. The number of aliphatic hydroxyl groups is 1. The van der Waals surface area contributed by atoms with Gasteiger partial charge in [0.2, 0.25) is 5.91 Å². The number of carbonyl (C=O) groups excluding carboxylic acids is 1. The van der Waals surface area contributed by atoms with E-state index in [1.54, 1.807) is 6.92 Å². The molecule has 0 aromatic rings. The van der Waals surface area contributed by atoms with E-state index in [4.69, 9.17) is 5.11 Å². The van der Waals surface area contributed by atoms with Crippen molar-refractivity contribution < 1.29 is 9.90 Å². The predicted molar refractivity (Wildman–Crippen MR) is 53.5 cm³/mol. The van der Waals surface area contributed by atoms with Crippen LogP contribution in [0.25, 0.3) is 0 Å². The fourth-order valence-corrected chi connectivity index (χ4v) is 1.28. The summed E-state index contributed by atoms with van der Waals surface area (Å²) in [5, 5.41) is 8.99. The summed E-state index contributed by atoms with van der Waals surface area (Å²) in [6, 6.07) is 0. The van der Waals surface area contributed by atoms with Crippen LogP contribution in [0.1, 0.15) is 40.0 Å². The van der Waals surface area contributed by atoms with E-state index in [0.717, 1.165) is 19.5 Å². The first kappa shape index (κ1) is 12.4. The van der Waals surface area contributed by atoms with E-state index in [1.165, 1.54) is 0 Å². The lowest BCUT2D eigenvalue weighted by Gasteiger charge is -2.18. The second-order valence-corrected chi connectivity index (χ2v) is 3.31. The molecule has 1 unspecified atom stereocenters. The number of nitrogens with zero attached hydrogens (tertiary/aromatic N) is 1. The standard InChI is InChI=1S/C10H21NO2/c1-4-11(5-2)10(13)8-6-7-9(3)12/h9,12H,4-8H2,1-3H3. The Kier molecular flexibility index (Phi) is 6.59. The third-order valence-electron chi connectivity index (χ3n) is 2.13. The van der Waals surface area contributed by atoms with Crippen molar-refractivity contribution in [2.75, 3.05) is 13.1 Å². The molecule has 0 spiro atoms. The van der Waals surface area contributed by atoms with Crippen molar-refractivity contribution in [2.45, 2.75) is 46.1 Å². The third kappa shape index (κ3) is 5.64. The Labute approximate surface area is 80.7 Å². The van der Waals surface area contributed by atoms with E-state index in [0.29, 0.717) is 12.8 Å². The van der Waals surface area contributed by atoms with E-state index in [-0.39, 0.29) is 12.0 Å². The van der Waals surface area contributed by atoms with Crippen molar-refractivity contribution >= 4 is 5.91 Å². The molecule has 0 saturated heterocycles. The van der Waals surface area contributed by atoms with Gasteiger partial charge in [0, 0.05) is 19.5 Å². The second kappa shape index (κ2) is 6.89. The van der Waals surface area contributed by atoms with Crippen LogP contribution in [-0.2, 0) is 4.79 Å². The number of carbonyl (C=O) groups is 1. The van der Waals surface area contributed by atoms with Crippen molar-refractivity contribution in [3.05, 3.63) is 0 Å². The highest BCUT2D eigenvalue weighted by Crippen LogP contribution is 2.03. The average Bonchev–Trinajstić information content (AvgIpc) is 2.05. The van der Waals surface area contributed by atoms with Crippen LogP contribution in [0.3, 0.4) is 0 Å². The smallest absolute Gasteiger partial charge is 0.222 e. The maximum absolute atomic E-state index is 11.4. The molecule has 78 valence electrons. The number of amides is 1. The lowest BCUT2D eigenvalue weighted by Crippen LogP contribution is -2.30. The first-order chi connectivity index (χ1) is 6.11. The summed E-state index contributed by atoms with van der Waals surface area (Å²) >= 11 is 0. The van der Waals surface area contributed by atoms with Crippen molar-refractivity contribution in [1.82, 2.24) is 4.90 Å². The molecule has 3 heteroatoms. The molecule has 0 heterocycles. The first-order valence-electron chi connectivity index (χ1n) is 5.07. The Morgan fingerprint density at radius 1 is 1.38 bits per heavy atom. The molecule has 0 rings (SSSR count). The van der Waals surface area contributed by atoms with E-state index < -0.39 is 0 Å². The summed E-state index contributed by atoms with van der Waals surface area (Å²) in [5.41, 5.74) is 0.